The Hall–Kier alpha value is -2.95. The second-order valence-corrected chi connectivity index (χ2v) is 6.01. The van der Waals surface area contributed by atoms with E-state index >= 15 is 0 Å². The van der Waals surface area contributed by atoms with Crippen molar-refractivity contribution < 1.29 is 19.0 Å². The molecule has 0 spiro atoms. The summed E-state index contributed by atoms with van der Waals surface area (Å²) in [5.74, 6) is 1.11. The number of benzene rings is 2. The Kier molecular flexibility index (Phi) is 6.28. The van der Waals surface area contributed by atoms with Gasteiger partial charge in [-0.1, -0.05) is 12.1 Å². The van der Waals surface area contributed by atoms with Gasteiger partial charge in [-0.25, -0.2) is 0 Å². The minimum atomic E-state index is -0.168. The van der Waals surface area contributed by atoms with Crippen LogP contribution in [0.25, 0.3) is 6.08 Å². The van der Waals surface area contributed by atoms with Crippen LogP contribution in [0.1, 0.15) is 21.5 Å². The van der Waals surface area contributed by atoms with Crippen molar-refractivity contribution in [1.29, 1.82) is 0 Å². The lowest BCUT2D eigenvalue weighted by Gasteiger charge is -2.14. The van der Waals surface area contributed by atoms with E-state index in [0.29, 0.717) is 22.8 Å². The SMILES string of the molecule is COc1ccc(C(=O)/C=C/c2ccc(N(C)C)cc2C)c(OC)c1OC. The first-order chi connectivity index (χ1) is 12.4. The van der Waals surface area contributed by atoms with Gasteiger partial charge in [0.2, 0.25) is 5.75 Å². The highest BCUT2D eigenvalue weighted by Gasteiger charge is 2.19. The third kappa shape index (κ3) is 3.99. The second-order valence-electron chi connectivity index (χ2n) is 6.01. The Balaban J connectivity index is 2.34. The molecule has 0 atom stereocenters. The Morgan fingerprint density at radius 3 is 2.19 bits per heavy atom. The monoisotopic (exact) mass is 355 g/mol. The van der Waals surface area contributed by atoms with Crippen molar-refractivity contribution >= 4 is 17.5 Å². The summed E-state index contributed by atoms with van der Waals surface area (Å²) < 4.78 is 16.0. The smallest absolute Gasteiger partial charge is 0.204 e. The van der Waals surface area contributed by atoms with E-state index in [1.807, 2.05) is 44.1 Å². The highest BCUT2D eigenvalue weighted by molar-refractivity contribution is 6.09. The van der Waals surface area contributed by atoms with Gasteiger partial charge in [0.15, 0.2) is 17.3 Å². The van der Waals surface area contributed by atoms with Gasteiger partial charge in [0.05, 0.1) is 26.9 Å². The molecule has 2 aromatic carbocycles. The first kappa shape index (κ1) is 19.4. The van der Waals surface area contributed by atoms with Crippen LogP contribution in [0.15, 0.2) is 36.4 Å². The van der Waals surface area contributed by atoms with Gasteiger partial charge < -0.3 is 19.1 Å². The van der Waals surface area contributed by atoms with Gasteiger partial charge in [-0.2, -0.15) is 0 Å². The molecule has 0 amide bonds. The predicted molar refractivity (Wildman–Crippen MR) is 105 cm³/mol. The van der Waals surface area contributed by atoms with Crippen molar-refractivity contribution in [3.8, 4) is 17.2 Å². The number of nitrogens with zero attached hydrogens (tertiary/aromatic N) is 1. The van der Waals surface area contributed by atoms with Gasteiger partial charge in [0.25, 0.3) is 0 Å². The lowest BCUT2D eigenvalue weighted by Crippen LogP contribution is -2.08. The maximum atomic E-state index is 12.7. The van der Waals surface area contributed by atoms with Crippen LogP contribution in [-0.2, 0) is 0 Å². The third-order valence-electron chi connectivity index (χ3n) is 4.15. The van der Waals surface area contributed by atoms with Gasteiger partial charge in [0, 0.05) is 19.8 Å². The number of hydrogen-bond acceptors (Lipinski definition) is 5. The van der Waals surface area contributed by atoms with Crippen molar-refractivity contribution in [1.82, 2.24) is 0 Å². The second kappa shape index (κ2) is 8.43. The number of hydrogen-bond donors (Lipinski definition) is 0. The molecule has 0 saturated heterocycles. The molecule has 0 N–H and O–H groups in total. The fourth-order valence-electron chi connectivity index (χ4n) is 2.68. The molecule has 0 aliphatic heterocycles. The number of methoxy groups -OCH3 is 3. The van der Waals surface area contributed by atoms with Gasteiger partial charge >= 0.3 is 0 Å². The maximum Gasteiger partial charge on any atom is 0.204 e. The molecule has 26 heavy (non-hydrogen) atoms. The molecule has 0 fully saturated rings. The fourth-order valence-corrected chi connectivity index (χ4v) is 2.68. The average Bonchev–Trinajstić information content (AvgIpc) is 2.64. The summed E-state index contributed by atoms with van der Waals surface area (Å²) in [7, 11) is 8.55. The highest BCUT2D eigenvalue weighted by Crippen LogP contribution is 2.40. The van der Waals surface area contributed by atoms with E-state index in [0.717, 1.165) is 16.8 Å². The number of aryl methyl sites for hydroxylation is 1. The van der Waals surface area contributed by atoms with E-state index in [1.54, 1.807) is 25.3 Å². The minimum absolute atomic E-state index is 0.168. The predicted octanol–water partition coefficient (Wildman–Crippen LogP) is 3.98. The Labute approximate surface area is 154 Å². The molecule has 2 rings (SSSR count). The standard InChI is InChI=1S/C21H25NO4/c1-14-13-16(22(2)3)9-7-15(14)8-11-18(23)17-10-12-19(24-4)21(26-6)20(17)25-5/h7-13H,1-6H3/b11-8+. The van der Waals surface area contributed by atoms with Crippen molar-refractivity contribution in [3.63, 3.8) is 0 Å². The number of allylic oxidation sites excluding steroid dienone is 1. The number of ketones is 1. The zero-order valence-corrected chi connectivity index (χ0v) is 16.1. The molecule has 5 nitrogen and oxygen atoms in total. The van der Waals surface area contributed by atoms with E-state index in [9.17, 15) is 4.79 Å². The Morgan fingerprint density at radius 2 is 1.65 bits per heavy atom. The molecule has 0 aliphatic rings. The van der Waals surface area contributed by atoms with Crippen LogP contribution >= 0.6 is 0 Å². The summed E-state index contributed by atoms with van der Waals surface area (Å²) in [5, 5.41) is 0. The highest BCUT2D eigenvalue weighted by atomic mass is 16.5. The molecule has 0 bridgehead atoms. The molecule has 0 unspecified atom stereocenters. The first-order valence-electron chi connectivity index (χ1n) is 8.22. The van der Waals surface area contributed by atoms with Crippen molar-refractivity contribution in [3.05, 3.63) is 53.1 Å². The summed E-state index contributed by atoms with van der Waals surface area (Å²) >= 11 is 0. The zero-order valence-electron chi connectivity index (χ0n) is 16.1. The molecular weight excluding hydrogens is 330 g/mol. The number of carbonyl (C=O) groups excluding carboxylic acids is 1. The maximum absolute atomic E-state index is 12.7. The van der Waals surface area contributed by atoms with Crippen molar-refractivity contribution in [2.45, 2.75) is 6.92 Å². The largest absolute Gasteiger partial charge is 0.493 e. The minimum Gasteiger partial charge on any atom is -0.493 e. The van der Waals surface area contributed by atoms with E-state index in [2.05, 4.69) is 6.07 Å². The number of carbonyl (C=O) groups is 1. The van der Waals surface area contributed by atoms with Crippen LogP contribution in [0.2, 0.25) is 0 Å². The number of rotatable bonds is 7. The van der Waals surface area contributed by atoms with E-state index < -0.39 is 0 Å². The molecule has 0 heterocycles. The average molecular weight is 355 g/mol. The summed E-state index contributed by atoms with van der Waals surface area (Å²) in [6, 6.07) is 9.48. The van der Waals surface area contributed by atoms with Gasteiger partial charge in [-0.05, 0) is 48.4 Å². The van der Waals surface area contributed by atoms with E-state index in [1.165, 1.54) is 14.2 Å². The molecule has 0 aromatic heterocycles. The molecule has 138 valence electrons. The molecule has 0 aliphatic carbocycles. The van der Waals surface area contributed by atoms with Crippen molar-refractivity contribution in [2.24, 2.45) is 0 Å². The van der Waals surface area contributed by atoms with Gasteiger partial charge in [-0.3, -0.25) is 4.79 Å². The molecule has 2 aromatic rings. The Morgan fingerprint density at radius 1 is 0.962 bits per heavy atom. The summed E-state index contributed by atoms with van der Waals surface area (Å²) in [5.41, 5.74) is 3.62. The van der Waals surface area contributed by atoms with Crippen LogP contribution in [0, 0.1) is 6.92 Å². The fraction of sp³-hybridized carbons (Fsp3) is 0.286. The van der Waals surface area contributed by atoms with Crippen LogP contribution in [0.5, 0.6) is 17.2 Å². The Bertz CT molecular complexity index is 825. The number of ether oxygens (including phenoxy) is 3. The van der Waals surface area contributed by atoms with E-state index in [4.69, 9.17) is 14.2 Å². The van der Waals surface area contributed by atoms with Crippen LogP contribution in [0.3, 0.4) is 0 Å². The summed E-state index contributed by atoms with van der Waals surface area (Å²) in [6.45, 7) is 2.02. The van der Waals surface area contributed by atoms with Crippen LogP contribution in [-0.4, -0.2) is 41.2 Å². The summed E-state index contributed by atoms with van der Waals surface area (Å²) in [4.78, 5) is 14.7. The third-order valence-corrected chi connectivity index (χ3v) is 4.15. The van der Waals surface area contributed by atoms with Crippen LogP contribution in [0.4, 0.5) is 5.69 Å². The lowest BCUT2D eigenvalue weighted by molar-refractivity contribution is 0.104. The molecule has 5 heteroatoms. The zero-order chi connectivity index (χ0) is 19.3. The number of anilines is 1. The first-order valence-corrected chi connectivity index (χ1v) is 8.22. The quantitative estimate of drug-likeness (QED) is 0.555. The molecule has 0 radical (unpaired) electrons. The summed E-state index contributed by atoms with van der Waals surface area (Å²) in [6.07, 6.45) is 3.36. The normalized spacial score (nSPS) is 10.7. The molecule has 0 saturated carbocycles. The van der Waals surface area contributed by atoms with Crippen LogP contribution < -0.4 is 19.1 Å². The van der Waals surface area contributed by atoms with E-state index in [-0.39, 0.29) is 5.78 Å². The van der Waals surface area contributed by atoms with Gasteiger partial charge in [-0.15, -0.1) is 0 Å². The topological polar surface area (TPSA) is 48.0 Å². The van der Waals surface area contributed by atoms with Gasteiger partial charge in [0.1, 0.15) is 0 Å². The molecular formula is C21H25NO4. The lowest BCUT2D eigenvalue weighted by atomic mass is 10.0. The van der Waals surface area contributed by atoms with Crippen molar-refractivity contribution in [2.75, 3.05) is 40.3 Å².